The van der Waals surface area contributed by atoms with E-state index >= 15 is 0 Å². The summed E-state index contributed by atoms with van der Waals surface area (Å²) in [4.78, 5) is 14.2. The number of nitro benzene ring substituents is 1. The minimum atomic E-state index is -0.462. The van der Waals surface area contributed by atoms with Gasteiger partial charge < -0.3 is 10.3 Å². The van der Waals surface area contributed by atoms with E-state index in [9.17, 15) is 10.1 Å². The van der Waals surface area contributed by atoms with Crippen molar-refractivity contribution in [2.45, 2.75) is 19.4 Å². The van der Waals surface area contributed by atoms with Crippen LogP contribution in [0.15, 0.2) is 28.8 Å². The van der Waals surface area contributed by atoms with Gasteiger partial charge in [-0.2, -0.15) is 4.98 Å². The number of nitrogens with zero attached hydrogens (tertiary/aromatic N) is 3. The van der Waals surface area contributed by atoms with Crippen LogP contribution in [0.1, 0.15) is 25.2 Å². The Kier molecular flexibility index (Phi) is 3.33. The first-order valence-electron chi connectivity index (χ1n) is 5.46. The second-order valence-corrected chi connectivity index (χ2v) is 3.78. The molecule has 18 heavy (non-hydrogen) atoms. The number of rotatable bonds is 4. The van der Waals surface area contributed by atoms with Gasteiger partial charge in [0.05, 0.1) is 11.0 Å². The van der Waals surface area contributed by atoms with E-state index in [1.807, 2.05) is 6.92 Å². The Bertz CT molecular complexity index is 550. The molecule has 1 heterocycles. The summed E-state index contributed by atoms with van der Waals surface area (Å²) in [6.07, 6.45) is 0.708. The standard InChI is InChI=1S/C11H12N4O3/c1-2-9(12)10-13-11(18-14-10)7-3-5-8(6-4-7)15(16)17/h3-6,9H,2,12H2,1H3. The maximum absolute atomic E-state index is 10.5. The molecule has 2 aromatic rings. The molecule has 0 saturated heterocycles. The average molecular weight is 248 g/mol. The molecule has 0 spiro atoms. The molecule has 0 bridgehead atoms. The lowest BCUT2D eigenvalue weighted by Crippen LogP contribution is -2.10. The molecule has 0 saturated carbocycles. The summed E-state index contributed by atoms with van der Waals surface area (Å²) in [5.74, 6) is 0.745. The number of nitro groups is 1. The van der Waals surface area contributed by atoms with Gasteiger partial charge in [-0.05, 0) is 18.6 Å². The highest BCUT2D eigenvalue weighted by Gasteiger charge is 2.14. The van der Waals surface area contributed by atoms with Gasteiger partial charge in [-0.3, -0.25) is 10.1 Å². The molecule has 0 aliphatic rings. The normalized spacial score (nSPS) is 12.3. The molecule has 0 aliphatic carbocycles. The second-order valence-electron chi connectivity index (χ2n) is 3.78. The first kappa shape index (κ1) is 12.2. The van der Waals surface area contributed by atoms with E-state index in [0.29, 0.717) is 23.7 Å². The van der Waals surface area contributed by atoms with E-state index in [0.717, 1.165) is 0 Å². The first-order chi connectivity index (χ1) is 8.61. The van der Waals surface area contributed by atoms with Crippen molar-refractivity contribution >= 4 is 5.69 Å². The number of nitrogens with two attached hydrogens (primary N) is 1. The van der Waals surface area contributed by atoms with Gasteiger partial charge in [0.2, 0.25) is 0 Å². The molecule has 0 aliphatic heterocycles. The Labute approximate surface area is 103 Å². The van der Waals surface area contributed by atoms with Crippen molar-refractivity contribution in [3.8, 4) is 11.5 Å². The first-order valence-corrected chi connectivity index (χ1v) is 5.46. The minimum Gasteiger partial charge on any atom is -0.334 e. The van der Waals surface area contributed by atoms with Gasteiger partial charge in [0.15, 0.2) is 5.82 Å². The maximum Gasteiger partial charge on any atom is 0.269 e. The highest BCUT2D eigenvalue weighted by molar-refractivity contribution is 5.55. The van der Waals surface area contributed by atoms with Crippen LogP contribution in [0.2, 0.25) is 0 Å². The lowest BCUT2D eigenvalue weighted by Gasteiger charge is -1.99. The van der Waals surface area contributed by atoms with Gasteiger partial charge in [-0.25, -0.2) is 0 Å². The third kappa shape index (κ3) is 2.35. The summed E-state index contributed by atoms with van der Waals surface area (Å²) in [6.45, 7) is 1.92. The van der Waals surface area contributed by atoms with E-state index in [2.05, 4.69) is 10.1 Å². The van der Waals surface area contributed by atoms with Gasteiger partial charge in [0, 0.05) is 17.7 Å². The molecular formula is C11H12N4O3. The average Bonchev–Trinajstić information content (AvgIpc) is 2.87. The molecule has 7 heteroatoms. The van der Waals surface area contributed by atoms with Gasteiger partial charge in [0.1, 0.15) is 0 Å². The van der Waals surface area contributed by atoms with Gasteiger partial charge in [0.25, 0.3) is 11.6 Å². The third-order valence-corrected chi connectivity index (χ3v) is 2.54. The fourth-order valence-corrected chi connectivity index (χ4v) is 1.41. The molecular weight excluding hydrogens is 236 g/mol. The molecule has 0 amide bonds. The summed E-state index contributed by atoms with van der Waals surface area (Å²) >= 11 is 0. The molecule has 1 aromatic carbocycles. The maximum atomic E-state index is 10.5. The zero-order valence-electron chi connectivity index (χ0n) is 9.74. The van der Waals surface area contributed by atoms with E-state index in [4.69, 9.17) is 10.3 Å². The van der Waals surface area contributed by atoms with Crippen LogP contribution < -0.4 is 5.73 Å². The van der Waals surface area contributed by atoms with Crippen molar-refractivity contribution in [2.24, 2.45) is 5.73 Å². The molecule has 94 valence electrons. The van der Waals surface area contributed by atoms with Crippen molar-refractivity contribution in [3.05, 3.63) is 40.2 Å². The third-order valence-electron chi connectivity index (χ3n) is 2.54. The van der Waals surface area contributed by atoms with Crippen LogP contribution in [0.4, 0.5) is 5.69 Å². The Morgan fingerprint density at radius 1 is 1.44 bits per heavy atom. The highest BCUT2D eigenvalue weighted by Crippen LogP contribution is 2.22. The molecule has 1 aromatic heterocycles. The topological polar surface area (TPSA) is 108 Å². The summed E-state index contributed by atoms with van der Waals surface area (Å²) in [7, 11) is 0. The van der Waals surface area contributed by atoms with Crippen LogP contribution >= 0.6 is 0 Å². The molecule has 7 nitrogen and oxygen atoms in total. The van der Waals surface area contributed by atoms with Crippen molar-refractivity contribution in [1.29, 1.82) is 0 Å². The van der Waals surface area contributed by atoms with Crippen LogP contribution in [0.25, 0.3) is 11.5 Å². The zero-order chi connectivity index (χ0) is 13.1. The summed E-state index contributed by atoms with van der Waals surface area (Å²) in [6, 6.07) is 5.64. The van der Waals surface area contributed by atoms with Crippen molar-refractivity contribution in [2.75, 3.05) is 0 Å². The van der Waals surface area contributed by atoms with Crippen LogP contribution in [0.5, 0.6) is 0 Å². The van der Waals surface area contributed by atoms with Crippen molar-refractivity contribution in [1.82, 2.24) is 10.1 Å². The molecule has 2 rings (SSSR count). The van der Waals surface area contributed by atoms with Crippen molar-refractivity contribution in [3.63, 3.8) is 0 Å². The van der Waals surface area contributed by atoms with E-state index in [1.165, 1.54) is 12.1 Å². The molecule has 0 radical (unpaired) electrons. The summed E-state index contributed by atoms with van der Waals surface area (Å²) < 4.78 is 5.06. The molecule has 2 N–H and O–H groups in total. The predicted octanol–water partition coefficient (Wildman–Crippen LogP) is 2.05. The van der Waals surface area contributed by atoms with Crippen LogP contribution in [0, 0.1) is 10.1 Å². The molecule has 0 fully saturated rings. The van der Waals surface area contributed by atoms with Crippen molar-refractivity contribution < 1.29 is 9.45 Å². The Balaban J connectivity index is 2.26. The second kappa shape index (κ2) is 4.92. The lowest BCUT2D eigenvalue weighted by atomic mass is 10.2. The number of hydrogen-bond donors (Lipinski definition) is 1. The predicted molar refractivity (Wildman–Crippen MR) is 63.6 cm³/mol. The lowest BCUT2D eigenvalue weighted by molar-refractivity contribution is -0.384. The van der Waals surface area contributed by atoms with Gasteiger partial charge >= 0.3 is 0 Å². The van der Waals surface area contributed by atoms with Gasteiger partial charge in [-0.1, -0.05) is 12.1 Å². The van der Waals surface area contributed by atoms with Gasteiger partial charge in [-0.15, -0.1) is 0 Å². The monoisotopic (exact) mass is 248 g/mol. The Morgan fingerprint density at radius 2 is 2.11 bits per heavy atom. The number of non-ortho nitro benzene ring substituents is 1. The molecule has 1 unspecified atom stereocenters. The smallest absolute Gasteiger partial charge is 0.269 e. The summed E-state index contributed by atoms with van der Waals surface area (Å²) in [5, 5.41) is 14.3. The number of aromatic nitrogens is 2. The van der Waals surface area contributed by atoms with Crippen LogP contribution in [0.3, 0.4) is 0 Å². The minimum absolute atomic E-state index is 0.0174. The Hall–Kier alpha value is -2.28. The fourth-order valence-electron chi connectivity index (χ4n) is 1.41. The van der Waals surface area contributed by atoms with Crippen LogP contribution in [-0.4, -0.2) is 15.1 Å². The molecule has 1 atom stereocenters. The fraction of sp³-hybridized carbons (Fsp3) is 0.273. The zero-order valence-corrected chi connectivity index (χ0v) is 9.74. The van der Waals surface area contributed by atoms with Crippen LogP contribution in [-0.2, 0) is 0 Å². The number of hydrogen-bond acceptors (Lipinski definition) is 6. The van der Waals surface area contributed by atoms with E-state index in [1.54, 1.807) is 12.1 Å². The quantitative estimate of drug-likeness (QED) is 0.655. The largest absolute Gasteiger partial charge is 0.334 e. The highest BCUT2D eigenvalue weighted by atomic mass is 16.6. The Morgan fingerprint density at radius 3 is 2.67 bits per heavy atom. The van der Waals surface area contributed by atoms with E-state index in [-0.39, 0.29) is 11.7 Å². The summed E-state index contributed by atoms with van der Waals surface area (Å²) in [5.41, 5.74) is 6.42. The number of benzene rings is 1. The SMILES string of the molecule is CCC(N)c1noc(-c2ccc([N+](=O)[O-])cc2)n1. The van der Waals surface area contributed by atoms with E-state index < -0.39 is 4.92 Å².